The van der Waals surface area contributed by atoms with E-state index in [4.69, 9.17) is 9.15 Å². The van der Waals surface area contributed by atoms with Gasteiger partial charge in [-0.1, -0.05) is 31.9 Å². The lowest BCUT2D eigenvalue weighted by Gasteiger charge is -2.18. The van der Waals surface area contributed by atoms with Crippen LogP contribution in [-0.2, 0) is 0 Å². The lowest BCUT2D eigenvalue weighted by atomic mass is 10.1. The fourth-order valence-electron chi connectivity index (χ4n) is 2.53. The second-order valence-electron chi connectivity index (χ2n) is 5.46. The van der Waals surface area contributed by atoms with Crippen molar-refractivity contribution in [2.24, 2.45) is 0 Å². The molecule has 0 spiro atoms. The number of fused-ring (bicyclic) bond motifs is 1. The summed E-state index contributed by atoms with van der Waals surface area (Å²) in [5, 5.41) is 4.69. The molecule has 0 radical (unpaired) electrons. The molecule has 0 aliphatic carbocycles. The maximum absolute atomic E-state index is 5.97. The van der Waals surface area contributed by atoms with Gasteiger partial charge in [-0.2, -0.15) is 0 Å². The molecule has 1 aromatic heterocycles. The molecule has 0 saturated heterocycles. The second-order valence-corrected chi connectivity index (χ2v) is 5.46. The Morgan fingerprint density at radius 3 is 2.80 bits per heavy atom. The Labute approximate surface area is 121 Å². The van der Waals surface area contributed by atoms with E-state index >= 15 is 0 Å². The highest BCUT2D eigenvalue weighted by atomic mass is 16.5. The molecule has 0 saturated carbocycles. The topological polar surface area (TPSA) is 34.4 Å². The molecule has 110 valence electrons. The van der Waals surface area contributed by atoms with Crippen molar-refractivity contribution in [3.8, 4) is 5.75 Å². The van der Waals surface area contributed by atoms with E-state index in [9.17, 15) is 0 Å². The number of furan rings is 1. The van der Waals surface area contributed by atoms with Crippen molar-refractivity contribution in [3.63, 3.8) is 0 Å². The summed E-state index contributed by atoms with van der Waals surface area (Å²) in [6, 6.07) is 8.78. The number of hydrogen-bond donors (Lipinski definition) is 1. The van der Waals surface area contributed by atoms with Crippen LogP contribution in [0.2, 0.25) is 0 Å². The molecule has 0 aliphatic heterocycles. The molecule has 2 aromatic rings. The quantitative estimate of drug-likeness (QED) is 0.797. The number of hydrogen-bond acceptors (Lipinski definition) is 3. The van der Waals surface area contributed by atoms with Gasteiger partial charge in [0.2, 0.25) is 0 Å². The molecule has 1 N–H and O–H groups in total. The maximum atomic E-state index is 5.97. The Bertz CT molecular complexity index is 547. The van der Waals surface area contributed by atoms with Crippen molar-refractivity contribution in [2.75, 3.05) is 7.11 Å². The fraction of sp³-hybridized carbons (Fsp3) is 0.529. The van der Waals surface area contributed by atoms with Gasteiger partial charge in [-0.05, 0) is 32.4 Å². The molecular formula is C17H25NO2. The standard InChI is InChI=1S/C17H25NO2/c1-5-6-8-12(2)18-13(3)16-11-14-9-7-10-15(19-4)17(14)20-16/h7,9-13,18H,5-6,8H2,1-4H3. The first-order valence-corrected chi connectivity index (χ1v) is 7.48. The van der Waals surface area contributed by atoms with Crippen molar-refractivity contribution in [1.29, 1.82) is 0 Å². The lowest BCUT2D eigenvalue weighted by molar-refractivity contribution is 0.381. The van der Waals surface area contributed by atoms with Gasteiger partial charge in [-0.15, -0.1) is 0 Å². The monoisotopic (exact) mass is 275 g/mol. The highest BCUT2D eigenvalue weighted by Gasteiger charge is 2.15. The van der Waals surface area contributed by atoms with Gasteiger partial charge < -0.3 is 14.5 Å². The SMILES string of the molecule is CCCCC(C)NC(C)c1cc2cccc(OC)c2o1. The Balaban J connectivity index is 2.12. The number of ether oxygens (including phenoxy) is 1. The third kappa shape index (κ3) is 3.34. The van der Waals surface area contributed by atoms with Crippen LogP contribution in [0.5, 0.6) is 5.75 Å². The fourth-order valence-corrected chi connectivity index (χ4v) is 2.53. The van der Waals surface area contributed by atoms with Crippen LogP contribution in [-0.4, -0.2) is 13.2 Å². The van der Waals surface area contributed by atoms with E-state index < -0.39 is 0 Å². The van der Waals surface area contributed by atoms with Gasteiger partial charge in [0.15, 0.2) is 11.3 Å². The Hall–Kier alpha value is -1.48. The van der Waals surface area contributed by atoms with Crippen molar-refractivity contribution in [1.82, 2.24) is 5.32 Å². The molecule has 1 aromatic carbocycles. The van der Waals surface area contributed by atoms with Crippen molar-refractivity contribution < 1.29 is 9.15 Å². The third-order valence-corrected chi connectivity index (χ3v) is 3.70. The Morgan fingerprint density at radius 1 is 1.30 bits per heavy atom. The van der Waals surface area contributed by atoms with Gasteiger partial charge in [0.1, 0.15) is 5.76 Å². The molecule has 0 aliphatic rings. The first-order chi connectivity index (χ1) is 9.65. The van der Waals surface area contributed by atoms with Crippen LogP contribution < -0.4 is 10.1 Å². The van der Waals surface area contributed by atoms with Crippen LogP contribution in [0, 0.1) is 0 Å². The van der Waals surface area contributed by atoms with E-state index in [0.29, 0.717) is 6.04 Å². The molecule has 20 heavy (non-hydrogen) atoms. The molecule has 0 bridgehead atoms. The average Bonchev–Trinajstić information content (AvgIpc) is 2.89. The van der Waals surface area contributed by atoms with E-state index in [1.165, 1.54) is 19.3 Å². The summed E-state index contributed by atoms with van der Waals surface area (Å²) in [5.41, 5.74) is 0.833. The second kappa shape index (κ2) is 6.80. The van der Waals surface area contributed by atoms with Crippen molar-refractivity contribution in [3.05, 3.63) is 30.0 Å². The predicted octanol–water partition coefficient (Wildman–Crippen LogP) is 4.67. The maximum Gasteiger partial charge on any atom is 0.176 e. The lowest BCUT2D eigenvalue weighted by Crippen LogP contribution is -2.28. The molecular weight excluding hydrogens is 250 g/mol. The average molecular weight is 275 g/mol. The van der Waals surface area contributed by atoms with Crippen LogP contribution >= 0.6 is 0 Å². The zero-order valence-electron chi connectivity index (χ0n) is 12.9. The summed E-state index contributed by atoms with van der Waals surface area (Å²) in [4.78, 5) is 0. The van der Waals surface area contributed by atoms with Crippen molar-refractivity contribution in [2.45, 2.75) is 52.1 Å². The summed E-state index contributed by atoms with van der Waals surface area (Å²) in [7, 11) is 1.67. The summed E-state index contributed by atoms with van der Waals surface area (Å²) < 4.78 is 11.3. The summed E-state index contributed by atoms with van der Waals surface area (Å²) in [6.45, 7) is 6.60. The first-order valence-electron chi connectivity index (χ1n) is 7.48. The number of unbranched alkanes of at least 4 members (excludes halogenated alkanes) is 1. The largest absolute Gasteiger partial charge is 0.493 e. The first kappa shape index (κ1) is 14.9. The highest BCUT2D eigenvalue weighted by molar-refractivity contribution is 5.83. The highest BCUT2D eigenvalue weighted by Crippen LogP contribution is 2.31. The Morgan fingerprint density at radius 2 is 2.10 bits per heavy atom. The number of rotatable bonds is 7. The number of benzene rings is 1. The molecule has 3 nitrogen and oxygen atoms in total. The van der Waals surface area contributed by atoms with Crippen LogP contribution in [0.15, 0.2) is 28.7 Å². The molecule has 1 heterocycles. The molecule has 2 rings (SSSR count). The number of nitrogens with one attached hydrogen (secondary N) is 1. The smallest absolute Gasteiger partial charge is 0.176 e. The molecule has 2 unspecified atom stereocenters. The predicted molar refractivity (Wildman–Crippen MR) is 83.3 cm³/mol. The number of para-hydroxylation sites is 1. The van der Waals surface area contributed by atoms with Crippen LogP contribution in [0.1, 0.15) is 51.8 Å². The molecule has 2 atom stereocenters. The minimum Gasteiger partial charge on any atom is -0.493 e. The van der Waals surface area contributed by atoms with Gasteiger partial charge in [0.05, 0.1) is 13.2 Å². The van der Waals surface area contributed by atoms with E-state index in [2.05, 4.69) is 38.2 Å². The van der Waals surface area contributed by atoms with E-state index in [-0.39, 0.29) is 6.04 Å². The van der Waals surface area contributed by atoms with Gasteiger partial charge in [0, 0.05) is 11.4 Å². The molecule has 3 heteroatoms. The van der Waals surface area contributed by atoms with Gasteiger partial charge in [0.25, 0.3) is 0 Å². The zero-order valence-corrected chi connectivity index (χ0v) is 12.9. The molecule has 0 amide bonds. The van der Waals surface area contributed by atoms with E-state index in [0.717, 1.165) is 22.5 Å². The Kier molecular flexibility index (Phi) is 5.07. The zero-order chi connectivity index (χ0) is 14.5. The van der Waals surface area contributed by atoms with Crippen LogP contribution in [0.25, 0.3) is 11.0 Å². The molecule has 0 fully saturated rings. The van der Waals surface area contributed by atoms with Crippen LogP contribution in [0.3, 0.4) is 0 Å². The summed E-state index contributed by atoms with van der Waals surface area (Å²) >= 11 is 0. The summed E-state index contributed by atoms with van der Waals surface area (Å²) in [5.74, 6) is 1.76. The van der Waals surface area contributed by atoms with Crippen LogP contribution in [0.4, 0.5) is 0 Å². The van der Waals surface area contributed by atoms with E-state index in [1.54, 1.807) is 7.11 Å². The normalized spacial score (nSPS) is 14.4. The van der Waals surface area contributed by atoms with Crippen molar-refractivity contribution >= 4 is 11.0 Å². The van der Waals surface area contributed by atoms with E-state index in [1.807, 2.05) is 12.1 Å². The third-order valence-electron chi connectivity index (χ3n) is 3.70. The minimum atomic E-state index is 0.207. The van der Waals surface area contributed by atoms with Gasteiger partial charge >= 0.3 is 0 Å². The summed E-state index contributed by atoms with van der Waals surface area (Å²) in [6.07, 6.45) is 3.70. The number of methoxy groups -OCH3 is 1. The van der Waals surface area contributed by atoms with Gasteiger partial charge in [-0.3, -0.25) is 0 Å². The minimum absolute atomic E-state index is 0.207. The van der Waals surface area contributed by atoms with Gasteiger partial charge in [-0.25, -0.2) is 0 Å².